The second kappa shape index (κ2) is 11.7. The summed E-state index contributed by atoms with van der Waals surface area (Å²) in [4.78, 5) is 25.6. The maximum atomic E-state index is 12.2. The van der Waals surface area contributed by atoms with Gasteiger partial charge in [0, 0.05) is 37.1 Å². The molecule has 29 heavy (non-hydrogen) atoms. The Kier molecular flexibility index (Phi) is 9.02. The molecule has 0 atom stereocenters. The molecule has 0 aromatic heterocycles. The number of carbonyl (C=O) groups is 2. The number of anilines is 2. The predicted molar refractivity (Wildman–Crippen MR) is 118 cm³/mol. The Labute approximate surface area is 173 Å². The van der Waals surface area contributed by atoms with Crippen LogP contribution in [0.2, 0.25) is 0 Å². The van der Waals surface area contributed by atoms with Crippen molar-refractivity contribution in [2.45, 2.75) is 32.6 Å². The maximum absolute atomic E-state index is 12.2. The zero-order valence-corrected chi connectivity index (χ0v) is 17.5. The summed E-state index contributed by atoms with van der Waals surface area (Å²) in [6.07, 6.45) is 4.67. The van der Waals surface area contributed by atoms with Crippen molar-refractivity contribution in [3.05, 3.63) is 54.1 Å². The third kappa shape index (κ3) is 7.86. The van der Waals surface area contributed by atoms with Gasteiger partial charge in [-0.3, -0.25) is 9.59 Å². The van der Waals surface area contributed by atoms with Crippen LogP contribution in [0.1, 0.15) is 43.0 Å². The van der Waals surface area contributed by atoms with Crippen LogP contribution in [0.5, 0.6) is 5.75 Å². The van der Waals surface area contributed by atoms with Gasteiger partial charge in [-0.1, -0.05) is 32.3 Å². The van der Waals surface area contributed by atoms with Gasteiger partial charge in [-0.2, -0.15) is 0 Å². The first kappa shape index (κ1) is 22.3. The van der Waals surface area contributed by atoms with E-state index < -0.39 is 0 Å². The van der Waals surface area contributed by atoms with Crippen molar-refractivity contribution in [2.75, 3.05) is 37.9 Å². The molecule has 2 rings (SSSR count). The Balaban J connectivity index is 1.78. The maximum Gasteiger partial charge on any atom is 0.253 e. The summed E-state index contributed by atoms with van der Waals surface area (Å²) in [6.45, 7) is 3.03. The quantitative estimate of drug-likeness (QED) is 0.552. The lowest BCUT2D eigenvalue weighted by Gasteiger charge is -2.12. The first-order chi connectivity index (χ1) is 14.0. The van der Waals surface area contributed by atoms with Crippen molar-refractivity contribution in [1.29, 1.82) is 0 Å². The second-order valence-corrected chi connectivity index (χ2v) is 7.12. The highest BCUT2D eigenvalue weighted by molar-refractivity contribution is 5.96. The van der Waals surface area contributed by atoms with Crippen molar-refractivity contribution in [3.8, 4) is 5.75 Å². The van der Waals surface area contributed by atoms with Gasteiger partial charge >= 0.3 is 0 Å². The van der Waals surface area contributed by atoms with Crippen molar-refractivity contribution < 1.29 is 14.3 Å². The lowest BCUT2D eigenvalue weighted by molar-refractivity contribution is -0.114. The van der Waals surface area contributed by atoms with Crippen LogP contribution >= 0.6 is 0 Å². The molecule has 0 aliphatic rings. The van der Waals surface area contributed by atoms with Crippen LogP contribution in [0.3, 0.4) is 0 Å². The minimum atomic E-state index is -0.164. The van der Waals surface area contributed by atoms with E-state index in [4.69, 9.17) is 4.74 Å². The average molecular weight is 398 g/mol. The Morgan fingerprint density at radius 2 is 1.72 bits per heavy atom. The van der Waals surface area contributed by atoms with E-state index >= 15 is 0 Å². The van der Waals surface area contributed by atoms with Gasteiger partial charge in [0.1, 0.15) is 5.75 Å². The molecule has 0 bridgehead atoms. The van der Waals surface area contributed by atoms with E-state index in [2.05, 4.69) is 17.6 Å². The molecule has 6 heteroatoms. The summed E-state index contributed by atoms with van der Waals surface area (Å²) in [5.41, 5.74) is 2.06. The summed E-state index contributed by atoms with van der Waals surface area (Å²) in [5, 5.41) is 5.93. The van der Waals surface area contributed by atoms with Crippen LogP contribution in [0.25, 0.3) is 0 Å². The Morgan fingerprint density at radius 3 is 2.41 bits per heavy atom. The van der Waals surface area contributed by atoms with E-state index in [-0.39, 0.29) is 18.4 Å². The molecule has 156 valence electrons. The molecule has 2 N–H and O–H groups in total. The number of hydrogen-bond donors (Lipinski definition) is 2. The van der Waals surface area contributed by atoms with E-state index in [1.807, 2.05) is 24.3 Å². The highest BCUT2D eigenvalue weighted by atomic mass is 16.5. The van der Waals surface area contributed by atoms with E-state index in [0.717, 1.165) is 17.9 Å². The molecular weight excluding hydrogens is 366 g/mol. The summed E-state index contributed by atoms with van der Waals surface area (Å²) in [7, 11) is 3.41. The molecule has 2 aromatic rings. The van der Waals surface area contributed by atoms with Gasteiger partial charge in [0.15, 0.2) is 0 Å². The first-order valence-electron chi connectivity index (χ1n) is 10.1. The third-order valence-electron chi connectivity index (χ3n) is 4.38. The van der Waals surface area contributed by atoms with Gasteiger partial charge in [-0.25, -0.2) is 0 Å². The van der Waals surface area contributed by atoms with Crippen LogP contribution in [0.4, 0.5) is 11.4 Å². The third-order valence-corrected chi connectivity index (χ3v) is 4.38. The molecule has 0 aliphatic carbocycles. The number of hydrogen-bond acceptors (Lipinski definition) is 4. The normalized spacial score (nSPS) is 10.3. The first-order valence-corrected chi connectivity index (χ1v) is 10.1. The summed E-state index contributed by atoms with van der Waals surface area (Å²) in [6, 6.07) is 14.5. The Hall–Kier alpha value is -3.02. The second-order valence-electron chi connectivity index (χ2n) is 7.12. The smallest absolute Gasteiger partial charge is 0.253 e. The van der Waals surface area contributed by atoms with Crippen LogP contribution in [0.15, 0.2) is 48.5 Å². The van der Waals surface area contributed by atoms with Crippen molar-refractivity contribution in [3.63, 3.8) is 0 Å². The fourth-order valence-electron chi connectivity index (χ4n) is 2.76. The van der Waals surface area contributed by atoms with Crippen molar-refractivity contribution in [2.24, 2.45) is 0 Å². The SMILES string of the molecule is CCCCCCOc1cccc(NCC(=O)Nc2ccc(C(=O)N(C)C)cc2)c1. The van der Waals surface area contributed by atoms with Crippen molar-refractivity contribution in [1.82, 2.24) is 4.90 Å². The van der Waals surface area contributed by atoms with Gasteiger partial charge in [0.05, 0.1) is 13.2 Å². The molecule has 6 nitrogen and oxygen atoms in total. The van der Waals surface area contributed by atoms with Gasteiger partial charge in [-0.05, 0) is 42.8 Å². The zero-order chi connectivity index (χ0) is 21.1. The molecule has 0 fully saturated rings. The van der Waals surface area contributed by atoms with Crippen LogP contribution in [0, 0.1) is 0 Å². The van der Waals surface area contributed by atoms with E-state index in [0.29, 0.717) is 17.9 Å². The number of amides is 2. The van der Waals surface area contributed by atoms with Crippen molar-refractivity contribution >= 4 is 23.2 Å². The number of nitrogens with zero attached hydrogens (tertiary/aromatic N) is 1. The van der Waals surface area contributed by atoms with E-state index in [9.17, 15) is 9.59 Å². The molecule has 0 radical (unpaired) electrons. The zero-order valence-electron chi connectivity index (χ0n) is 17.5. The molecule has 0 unspecified atom stereocenters. The highest BCUT2D eigenvalue weighted by Gasteiger charge is 2.08. The molecule has 0 heterocycles. The largest absolute Gasteiger partial charge is 0.494 e. The van der Waals surface area contributed by atoms with Crippen LogP contribution < -0.4 is 15.4 Å². The minimum absolute atomic E-state index is 0.0722. The number of carbonyl (C=O) groups excluding carboxylic acids is 2. The minimum Gasteiger partial charge on any atom is -0.494 e. The number of unbranched alkanes of at least 4 members (excludes halogenated alkanes) is 3. The number of rotatable bonds is 11. The van der Waals surface area contributed by atoms with Crippen LogP contribution in [-0.4, -0.2) is 44.0 Å². The number of ether oxygens (including phenoxy) is 1. The lowest BCUT2D eigenvalue weighted by atomic mass is 10.2. The topological polar surface area (TPSA) is 70.7 Å². The number of nitrogens with one attached hydrogen (secondary N) is 2. The van der Waals surface area contributed by atoms with Crippen LogP contribution in [-0.2, 0) is 4.79 Å². The molecule has 0 spiro atoms. The van der Waals surface area contributed by atoms with E-state index in [1.54, 1.807) is 38.4 Å². The molecule has 2 aromatic carbocycles. The fraction of sp³-hybridized carbons (Fsp3) is 0.391. The molecule has 0 saturated carbocycles. The van der Waals surface area contributed by atoms with E-state index in [1.165, 1.54) is 24.2 Å². The van der Waals surface area contributed by atoms with Gasteiger partial charge < -0.3 is 20.3 Å². The Bertz CT molecular complexity index is 788. The van der Waals surface area contributed by atoms with Gasteiger partial charge in [-0.15, -0.1) is 0 Å². The number of benzene rings is 2. The van der Waals surface area contributed by atoms with Gasteiger partial charge in [0.25, 0.3) is 5.91 Å². The predicted octanol–water partition coefficient (Wildman–Crippen LogP) is 4.40. The lowest BCUT2D eigenvalue weighted by Crippen LogP contribution is -2.23. The summed E-state index contributed by atoms with van der Waals surface area (Å²) >= 11 is 0. The van der Waals surface area contributed by atoms with Gasteiger partial charge in [0.2, 0.25) is 5.91 Å². The highest BCUT2D eigenvalue weighted by Crippen LogP contribution is 2.18. The monoisotopic (exact) mass is 397 g/mol. The summed E-state index contributed by atoms with van der Waals surface area (Å²) in [5.74, 6) is 0.563. The molecule has 2 amide bonds. The Morgan fingerprint density at radius 1 is 0.966 bits per heavy atom. The molecule has 0 saturated heterocycles. The average Bonchev–Trinajstić information content (AvgIpc) is 2.72. The molecule has 0 aliphatic heterocycles. The molecular formula is C23H31N3O3. The fourth-order valence-corrected chi connectivity index (χ4v) is 2.76. The summed E-state index contributed by atoms with van der Waals surface area (Å²) < 4.78 is 5.77. The standard InChI is InChI=1S/C23H31N3O3/c1-4-5-6-7-15-29-21-10-8-9-20(16-21)24-17-22(27)25-19-13-11-18(12-14-19)23(28)26(2)3/h8-14,16,24H,4-7,15,17H2,1-3H3,(H,25,27).